The number of benzene rings is 1. The van der Waals surface area contributed by atoms with Crippen LogP contribution < -0.4 is 4.90 Å². The number of aryl methyl sites for hydroxylation is 1. The zero-order valence-electron chi connectivity index (χ0n) is 10.2. The van der Waals surface area contributed by atoms with Gasteiger partial charge in [0.25, 0.3) is 0 Å². The van der Waals surface area contributed by atoms with Crippen molar-refractivity contribution in [3.63, 3.8) is 0 Å². The number of hydrogen-bond donors (Lipinski definition) is 0. The van der Waals surface area contributed by atoms with Crippen LogP contribution in [0.15, 0.2) is 18.2 Å². The Morgan fingerprint density at radius 2 is 1.88 bits per heavy atom. The largest absolute Gasteiger partial charge is 0.370 e. The van der Waals surface area contributed by atoms with Gasteiger partial charge in [0.05, 0.1) is 11.3 Å². The van der Waals surface area contributed by atoms with Crippen LogP contribution in [-0.2, 0) is 0 Å². The second-order valence-corrected chi connectivity index (χ2v) is 4.99. The number of nitrogens with zero attached hydrogens (tertiary/aromatic N) is 2. The van der Waals surface area contributed by atoms with Crippen molar-refractivity contribution in [1.82, 2.24) is 0 Å². The summed E-state index contributed by atoms with van der Waals surface area (Å²) in [4.78, 5) is 2.34. The third kappa shape index (κ3) is 1.90. The van der Waals surface area contributed by atoms with Crippen molar-refractivity contribution in [2.24, 2.45) is 11.8 Å². The molecule has 0 saturated carbocycles. The normalized spacial score (nSPS) is 24.5. The van der Waals surface area contributed by atoms with E-state index in [1.807, 2.05) is 13.0 Å². The van der Waals surface area contributed by atoms with E-state index >= 15 is 0 Å². The van der Waals surface area contributed by atoms with E-state index in [1.165, 1.54) is 0 Å². The smallest absolute Gasteiger partial charge is 0.101 e. The second kappa shape index (κ2) is 4.17. The molecule has 1 aliphatic rings. The fraction of sp³-hybridized carbons (Fsp3) is 0.500. The molecule has 2 atom stereocenters. The summed E-state index contributed by atoms with van der Waals surface area (Å²) in [5, 5.41) is 9.16. The van der Waals surface area contributed by atoms with Crippen LogP contribution in [0.25, 0.3) is 0 Å². The first-order valence-corrected chi connectivity index (χ1v) is 5.87. The maximum absolute atomic E-state index is 9.16. The highest BCUT2D eigenvalue weighted by molar-refractivity contribution is 5.61. The van der Waals surface area contributed by atoms with E-state index in [0.717, 1.165) is 29.9 Å². The first-order valence-electron chi connectivity index (χ1n) is 5.87. The van der Waals surface area contributed by atoms with Crippen molar-refractivity contribution < 1.29 is 0 Å². The van der Waals surface area contributed by atoms with E-state index < -0.39 is 0 Å². The number of hydrogen-bond acceptors (Lipinski definition) is 2. The minimum absolute atomic E-state index is 0.716. The van der Waals surface area contributed by atoms with Crippen LogP contribution in [0.2, 0.25) is 0 Å². The lowest BCUT2D eigenvalue weighted by Gasteiger charge is -2.20. The summed E-state index contributed by atoms with van der Waals surface area (Å²) in [7, 11) is 0. The minimum Gasteiger partial charge on any atom is -0.370 e. The Kier molecular flexibility index (Phi) is 2.87. The number of nitriles is 1. The zero-order valence-corrected chi connectivity index (χ0v) is 10.2. The molecule has 2 unspecified atom stereocenters. The standard InChI is InChI=1S/C14H18N2/c1-10-4-5-14(13(6-10)7-15)16-8-11(2)12(3)9-16/h4-6,11-12H,8-9H2,1-3H3. The molecule has 0 aromatic heterocycles. The van der Waals surface area contributed by atoms with Gasteiger partial charge in [0, 0.05) is 13.1 Å². The summed E-state index contributed by atoms with van der Waals surface area (Å²) in [6, 6.07) is 8.45. The summed E-state index contributed by atoms with van der Waals surface area (Å²) >= 11 is 0. The van der Waals surface area contributed by atoms with E-state index in [1.54, 1.807) is 0 Å². The molecular weight excluding hydrogens is 196 g/mol. The highest BCUT2D eigenvalue weighted by atomic mass is 15.2. The Balaban J connectivity index is 2.32. The fourth-order valence-electron chi connectivity index (χ4n) is 2.34. The molecule has 1 aromatic rings. The van der Waals surface area contributed by atoms with Gasteiger partial charge in [-0.15, -0.1) is 0 Å². The van der Waals surface area contributed by atoms with Gasteiger partial charge >= 0.3 is 0 Å². The van der Waals surface area contributed by atoms with E-state index in [-0.39, 0.29) is 0 Å². The van der Waals surface area contributed by atoms with Gasteiger partial charge in [0.2, 0.25) is 0 Å². The molecule has 1 aromatic carbocycles. The Morgan fingerprint density at radius 1 is 1.25 bits per heavy atom. The van der Waals surface area contributed by atoms with E-state index in [0.29, 0.717) is 11.8 Å². The van der Waals surface area contributed by atoms with Gasteiger partial charge < -0.3 is 4.90 Å². The predicted octanol–water partition coefficient (Wildman–Crippen LogP) is 2.96. The van der Waals surface area contributed by atoms with Crippen LogP contribution in [0.1, 0.15) is 25.0 Å². The van der Waals surface area contributed by atoms with Crippen molar-refractivity contribution in [3.05, 3.63) is 29.3 Å². The molecule has 0 spiro atoms. The molecule has 2 heteroatoms. The Morgan fingerprint density at radius 3 is 2.44 bits per heavy atom. The number of anilines is 1. The first kappa shape index (κ1) is 11.0. The second-order valence-electron chi connectivity index (χ2n) is 4.99. The Hall–Kier alpha value is -1.49. The van der Waals surface area contributed by atoms with Crippen LogP contribution in [0.5, 0.6) is 0 Å². The van der Waals surface area contributed by atoms with Crippen LogP contribution in [0, 0.1) is 30.1 Å². The van der Waals surface area contributed by atoms with Crippen LogP contribution >= 0.6 is 0 Å². The van der Waals surface area contributed by atoms with Gasteiger partial charge in [-0.25, -0.2) is 0 Å². The molecule has 1 heterocycles. The van der Waals surface area contributed by atoms with Gasteiger partial charge in [-0.3, -0.25) is 0 Å². The van der Waals surface area contributed by atoms with Gasteiger partial charge in [-0.05, 0) is 36.5 Å². The topological polar surface area (TPSA) is 27.0 Å². The van der Waals surface area contributed by atoms with Crippen LogP contribution in [0.4, 0.5) is 5.69 Å². The average Bonchev–Trinajstić information content (AvgIpc) is 2.59. The fourth-order valence-corrected chi connectivity index (χ4v) is 2.34. The van der Waals surface area contributed by atoms with Gasteiger partial charge in [-0.1, -0.05) is 19.9 Å². The predicted molar refractivity (Wildman–Crippen MR) is 66.4 cm³/mol. The highest BCUT2D eigenvalue weighted by Crippen LogP contribution is 2.30. The lowest BCUT2D eigenvalue weighted by molar-refractivity contribution is 0.494. The summed E-state index contributed by atoms with van der Waals surface area (Å²) in [6.45, 7) is 8.73. The molecular formula is C14H18N2. The summed E-state index contributed by atoms with van der Waals surface area (Å²) in [5.41, 5.74) is 3.06. The zero-order chi connectivity index (χ0) is 11.7. The highest BCUT2D eigenvalue weighted by Gasteiger charge is 2.27. The maximum atomic E-state index is 9.16. The van der Waals surface area contributed by atoms with Gasteiger partial charge in [-0.2, -0.15) is 5.26 Å². The minimum atomic E-state index is 0.716. The van der Waals surface area contributed by atoms with E-state index in [4.69, 9.17) is 5.26 Å². The molecule has 16 heavy (non-hydrogen) atoms. The molecule has 1 fully saturated rings. The number of rotatable bonds is 1. The first-order chi connectivity index (χ1) is 7.61. The van der Waals surface area contributed by atoms with Crippen LogP contribution in [0.3, 0.4) is 0 Å². The molecule has 0 N–H and O–H groups in total. The maximum Gasteiger partial charge on any atom is 0.101 e. The summed E-state index contributed by atoms with van der Waals surface area (Å²) < 4.78 is 0. The van der Waals surface area contributed by atoms with Gasteiger partial charge in [0.1, 0.15) is 6.07 Å². The molecule has 0 amide bonds. The Labute approximate surface area is 97.5 Å². The molecule has 2 nitrogen and oxygen atoms in total. The van der Waals surface area contributed by atoms with Crippen molar-refractivity contribution in [1.29, 1.82) is 5.26 Å². The lowest BCUT2D eigenvalue weighted by Crippen LogP contribution is -2.20. The third-order valence-corrected chi connectivity index (χ3v) is 3.60. The van der Waals surface area contributed by atoms with Crippen molar-refractivity contribution >= 4 is 5.69 Å². The monoisotopic (exact) mass is 214 g/mol. The molecule has 0 aliphatic carbocycles. The lowest BCUT2D eigenvalue weighted by atomic mass is 10.0. The van der Waals surface area contributed by atoms with Crippen LogP contribution in [-0.4, -0.2) is 13.1 Å². The summed E-state index contributed by atoms with van der Waals surface area (Å²) in [6.07, 6.45) is 0. The van der Waals surface area contributed by atoms with Gasteiger partial charge in [0.15, 0.2) is 0 Å². The third-order valence-electron chi connectivity index (χ3n) is 3.60. The molecule has 1 saturated heterocycles. The molecule has 1 aliphatic heterocycles. The molecule has 0 radical (unpaired) electrons. The quantitative estimate of drug-likeness (QED) is 0.718. The van der Waals surface area contributed by atoms with E-state index in [9.17, 15) is 0 Å². The van der Waals surface area contributed by atoms with Crippen molar-refractivity contribution in [2.75, 3.05) is 18.0 Å². The van der Waals surface area contributed by atoms with E-state index in [2.05, 4.69) is 36.9 Å². The molecule has 2 rings (SSSR count). The van der Waals surface area contributed by atoms with Crippen molar-refractivity contribution in [3.8, 4) is 6.07 Å². The SMILES string of the molecule is Cc1ccc(N2CC(C)C(C)C2)c(C#N)c1. The average molecular weight is 214 g/mol. The van der Waals surface area contributed by atoms with Crippen molar-refractivity contribution in [2.45, 2.75) is 20.8 Å². The molecule has 0 bridgehead atoms. The molecule has 84 valence electrons. The summed E-state index contributed by atoms with van der Waals surface area (Å²) in [5.74, 6) is 1.43. The Bertz CT molecular complexity index is 421.